The van der Waals surface area contributed by atoms with Gasteiger partial charge in [0.2, 0.25) is 0 Å². The molecule has 0 aliphatic carbocycles. The van der Waals surface area contributed by atoms with Crippen LogP contribution in [-0.2, 0) is 11.3 Å². The van der Waals surface area contributed by atoms with E-state index in [0.29, 0.717) is 23.8 Å². The summed E-state index contributed by atoms with van der Waals surface area (Å²) in [5.74, 6) is 0.756. The highest BCUT2D eigenvalue weighted by Gasteiger charge is 2.23. The average Bonchev–Trinajstić information content (AvgIpc) is 3.39. The molecule has 1 saturated heterocycles. The molecular weight excluding hydrogens is 458 g/mol. The normalized spacial score (nSPS) is 15.8. The van der Waals surface area contributed by atoms with Crippen molar-refractivity contribution in [2.45, 2.75) is 32.4 Å². The molecule has 1 unspecified atom stereocenters. The van der Waals surface area contributed by atoms with Crippen molar-refractivity contribution >= 4 is 17.5 Å². The van der Waals surface area contributed by atoms with E-state index in [1.54, 1.807) is 13.1 Å². The average molecular weight is 492 g/mol. The molecule has 1 aliphatic heterocycles. The number of amides is 2. The highest BCUT2D eigenvalue weighted by molar-refractivity contribution is 5.92. The summed E-state index contributed by atoms with van der Waals surface area (Å²) in [6.45, 7) is 4.90. The first-order chi connectivity index (χ1) is 17.6. The number of nitrogens with one attached hydrogen (secondary N) is 2. The molecule has 1 fully saturated rings. The van der Waals surface area contributed by atoms with Gasteiger partial charge >= 0.3 is 0 Å². The zero-order chi connectivity index (χ0) is 25.3. The molecule has 36 heavy (non-hydrogen) atoms. The number of anilines is 1. The van der Waals surface area contributed by atoms with Crippen LogP contribution >= 0.6 is 0 Å². The molecule has 2 N–H and O–H groups in total. The Balaban J connectivity index is 1.36. The predicted molar refractivity (Wildman–Crippen MR) is 137 cm³/mol. The fraction of sp³-hybridized carbons (Fsp3) is 0.370. The quantitative estimate of drug-likeness (QED) is 0.451. The molecule has 4 rings (SSSR count). The fourth-order valence-electron chi connectivity index (χ4n) is 4.34. The zero-order valence-corrected chi connectivity index (χ0v) is 20.8. The topological polar surface area (TPSA) is 97.7 Å². The molecule has 1 atom stereocenters. The number of nitrogens with zero attached hydrogens (tertiary/aromatic N) is 3. The molecule has 0 saturated carbocycles. The first-order valence-electron chi connectivity index (χ1n) is 12.3. The third-order valence-corrected chi connectivity index (χ3v) is 6.05. The second kappa shape index (κ2) is 12.2. The fourth-order valence-corrected chi connectivity index (χ4v) is 4.34. The van der Waals surface area contributed by atoms with Crippen molar-refractivity contribution in [3.63, 3.8) is 0 Å². The highest BCUT2D eigenvalue weighted by Crippen LogP contribution is 2.30. The van der Waals surface area contributed by atoms with Crippen LogP contribution in [0.5, 0.6) is 11.5 Å². The predicted octanol–water partition coefficient (Wildman–Crippen LogP) is 3.50. The van der Waals surface area contributed by atoms with E-state index in [0.717, 1.165) is 43.7 Å². The molecule has 3 aromatic rings. The Hall–Kier alpha value is -3.85. The van der Waals surface area contributed by atoms with Gasteiger partial charge in [-0.05, 0) is 62.2 Å². The first-order valence-corrected chi connectivity index (χ1v) is 12.3. The lowest BCUT2D eigenvalue weighted by Gasteiger charge is -2.33. The second-order valence-electron chi connectivity index (χ2n) is 8.71. The van der Waals surface area contributed by atoms with Gasteiger partial charge in [-0.1, -0.05) is 24.3 Å². The summed E-state index contributed by atoms with van der Waals surface area (Å²) in [5.41, 5.74) is 2.27. The lowest BCUT2D eigenvalue weighted by atomic mass is 10.0. The zero-order valence-electron chi connectivity index (χ0n) is 20.8. The number of carbonyl (C=O) groups is 2. The van der Waals surface area contributed by atoms with Crippen LogP contribution in [0.25, 0.3) is 0 Å². The van der Waals surface area contributed by atoms with Gasteiger partial charge in [0.1, 0.15) is 5.69 Å². The van der Waals surface area contributed by atoms with Crippen molar-refractivity contribution in [1.82, 2.24) is 20.0 Å². The third kappa shape index (κ3) is 6.63. The number of likely N-dealkylation sites (tertiary alicyclic amines) is 1. The van der Waals surface area contributed by atoms with Crippen molar-refractivity contribution in [3.8, 4) is 11.5 Å². The monoisotopic (exact) mass is 491 g/mol. The van der Waals surface area contributed by atoms with Crippen LogP contribution in [0.15, 0.2) is 60.8 Å². The van der Waals surface area contributed by atoms with E-state index < -0.39 is 0 Å². The van der Waals surface area contributed by atoms with Gasteiger partial charge in [-0.3, -0.25) is 19.2 Å². The summed E-state index contributed by atoms with van der Waals surface area (Å²) < 4.78 is 13.5. The molecule has 2 heterocycles. The minimum atomic E-state index is -0.231. The van der Waals surface area contributed by atoms with Crippen LogP contribution in [0.3, 0.4) is 0 Å². The molecule has 1 aromatic heterocycles. The van der Waals surface area contributed by atoms with E-state index >= 15 is 0 Å². The second-order valence-corrected chi connectivity index (χ2v) is 8.71. The minimum Gasteiger partial charge on any atom is -0.490 e. The molecule has 2 amide bonds. The largest absolute Gasteiger partial charge is 0.490 e. The maximum atomic E-state index is 12.3. The maximum Gasteiger partial charge on any atom is 0.271 e. The van der Waals surface area contributed by atoms with E-state index in [-0.39, 0.29) is 24.5 Å². The summed E-state index contributed by atoms with van der Waals surface area (Å²) in [6.07, 6.45) is 3.95. The Kier molecular flexibility index (Phi) is 8.57. The van der Waals surface area contributed by atoms with Crippen LogP contribution in [-0.4, -0.2) is 59.8 Å². The summed E-state index contributed by atoms with van der Waals surface area (Å²) in [6, 6.07) is 17.1. The van der Waals surface area contributed by atoms with Gasteiger partial charge in [-0.25, -0.2) is 0 Å². The molecule has 0 bridgehead atoms. The van der Waals surface area contributed by atoms with Crippen LogP contribution in [0, 0.1) is 0 Å². The maximum absolute atomic E-state index is 12.3. The van der Waals surface area contributed by atoms with Crippen LogP contribution in [0.2, 0.25) is 0 Å². The number of ether oxygens (including phenoxy) is 2. The van der Waals surface area contributed by atoms with Gasteiger partial charge in [0.05, 0.1) is 12.6 Å². The molecular formula is C27H33N5O4. The third-order valence-electron chi connectivity index (χ3n) is 6.05. The van der Waals surface area contributed by atoms with Gasteiger partial charge in [0.15, 0.2) is 18.1 Å². The van der Waals surface area contributed by atoms with Gasteiger partial charge in [0.25, 0.3) is 11.8 Å². The van der Waals surface area contributed by atoms with E-state index in [1.165, 1.54) is 0 Å². The Morgan fingerprint density at radius 1 is 1.08 bits per heavy atom. The Bertz CT molecular complexity index is 1160. The first kappa shape index (κ1) is 25.2. The Labute approximate surface area is 211 Å². The van der Waals surface area contributed by atoms with Gasteiger partial charge < -0.3 is 20.1 Å². The number of hydrogen-bond acceptors (Lipinski definition) is 6. The van der Waals surface area contributed by atoms with Gasteiger partial charge in [0, 0.05) is 32.0 Å². The van der Waals surface area contributed by atoms with Gasteiger partial charge in [-0.15, -0.1) is 0 Å². The highest BCUT2D eigenvalue weighted by atomic mass is 16.5. The van der Waals surface area contributed by atoms with Crippen molar-refractivity contribution in [1.29, 1.82) is 0 Å². The van der Waals surface area contributed by atoms with Crippen LogP contribution in [0.4, 0.5) is 5.69 Å². The number of aromatic nitrogens is 2. The molecule has 9 heteroatoms. The molecule has 190 valence electrons. The van der Waals surface area contributed by atoms with Crippen molar-refractivity contribution in [2.75, 3.05) is 38.7 Å². The molecule has 0 radical (unpaired) electrons. The number of carbonyl (C=O) groups excluding carboxylic acids is 2. The summed E-state index contributed by atoms with van der Waals surface area (Å²) in [5, 5.41) is 9.90. The van der Waals surface area contributed by atoms with Crippen LogP contribution in [0.1, 0.15) is 41.9 Å². The van der Waals surface area contributed by atoms with Crippen molar-refractivity contribution < 1.29 is 19.1 Å². The lowest BCUT2D eigenvalue weighted by molar-refractivity contribution is -0.118. The summed E-state index contributed by atoms with van der Waals surface area (Å²) in [4.78, 5) is 26.5. The molecule has 1 aliphatic rings. The number of piperidine rings is 1. The lowest BCUT2D eigenvalue weighted by Crippen LogP contribution is -2.36. The van der Waals surface area contributed by atoms with E-state index in [9.17, 15) is 9.59 Å². The van der Waals surface area contributed by atoms with E-state index in [1.807, 2.05) is 66.3 Å². The van der Waals surface area contributed by atoms with E-state index in [2.05, 4.69) is 20.6 Å². The SMILES string of the molecule is CCOc1cc(CN2CCCC(n3ccc(C(=O)NC)n3)C2)ccc1OCC(=O)Nc1ccccc1. The molecule has 2 aromatic carbocycles. The van der Waals surface area contributed by atoms with Crippen molar-refractivity contribution in [2.24, 2.45) is 0 Å². The number of rotatable bonds is 10. The Morgan fingerprint density at radius 2 is 1.92 bits per heavy atom. The number of hydrogen-bond donors (Lipinski definition) is 2. The standard InChI is InChI=1S/C27H33N5O4/c1-3-35-25-16-20(11-12-24(25)36-19-26(33)29-21-8-5-4-6-9-21)17-31-14-7-10-22(18-31)32-15-13-23(30-32)27(34)28-2/h4-6,8-9,11-13,15-16,22H,3,7,10,14,17-19H2,1-2H3,(H,28,34)(H,29,33). The minimum absolute atomic E-state index is 0.107. The van der Waals surface area contributed by atoms with Crippen molar-refractivity contribution in [3.05, 3.63) is 72.1 Å². The summed E-state index contributed by atoms with van der Waals surface area (Å²) in [7, 11) is 1.61. The summed E-state index contributed by atoms with van der Waals surface area (Å²) >= 11 is 0. The Morgan fingerprint density at radius 3 is 2.69 bits per heavy atom. The molecule has 0 spiro atoms. The number of para-hydroxylation sites is 1. The van der Waals surface area contributed by atoms with Crippen LogP contribution < -0.4 is 20.1 Å². The number of benzene rings is 2. The molecule has 9 nitrogen and oxygen atoms in total. The van der Waals surface area contributed by atoms with E-state index in [4.69, 9.17) is 9.47 Å². The van der Waals surface area contributed by atoms with Gasteiger partial charge in [-0.2, -0.15) is 5.10 Å². The smallest absolute Gasteiger partial charge is 0.271 e.